The van der Waals surface area contributed by atoms with Gasteiger partial charge in [-0.05, 0) is 30.7 Å². The fourth-order valence-electron chi connectivity index (χ4n) is 3.54. The molecule has 1 aliphatic rings. The highest BCUT2D eigenvalue weighted by Gasteiger charge is 2.37. The summed E-state index contributed by atoms with van der Waals surface area (Å²) in [6.07, 6.45) is 0. The molecule has 0 radical (unpaired) electrons. The molecule has 2 heterocycles. The van der Waals surface area contributed by atoms with Crippen molar-refractivity contribution in [2.24, 2.45) is 7.05 Å². The van der Waals surface area contributed by atoms with E-state index in [-0.39, 0.29) is 33.8 Å². The molecule has 0 N–H and O–H groups in total. The maximum absolute atomic E-state index is 15.2. The number of benzene rings is 2. The Morgan fingerprint density at radius 1 is 1.17 bits per heavy atom. The molecule has 2 aromatic carbocycles. The van der Waals surface area contributed by atoms with Crippen molar-refractivity contribution in [2.45, 2.75) is 13.5 Å². The molecule has 29 heavy (non-hydrogen) atoms. The summed E-state index contributed by atoms with van der Waals surface area (Å²) in [4.78, 5) is 28.6. The largest absolute Gasteiger partial charge is 0.497 e. The second-order valence-electron chi connectivity index (χ2n) is 6.66. The van der Waals surface area contributed by atoms with Crippen molar-refractivity contribution in [1.29, 1.82) is 0 Å². The summed E-state index contributed by atoms with van der Waals surface area (Å²) in [6.45, 7) is 2.20. The zero-order valence-corrected chi connectivity index (χ0v) is 16.8. The maximum Gasteiger partial charge on any atom is 0.330 e. The van der Waals surface area contributed by atoms with E-state index in [1.54, 1.807) is 38.3 Å². The minimum absolute atomic E-state index is 0.0294. The molecular formula is C20H18ClFN4O3. The monoisotopic (exact) mass is 416 g/mol. The highest BCUT2D eigenvalue weighted by atomic mass is 35.5. The van der Waals surface area contributed by atoms with Crippen LogP contribution in [0.2, 0.25) is 5.02 Å². The number of hydrogen-bond donors (Lipinski definition) is 0. The molecule has 4 rings (SSSR count). The SMILES string of the molecule is CCN1C(=O)N(Cc2ccc(OC)cc2)c2c(F)c(Cl)cc3c(=O)n(C)nc1c23. The molecule has 9 heteroatoms. The molecule has 0 aliphatic carbocycles. The van der Waals surface area contributed by atoms with E-state index in [2.05, 4.69) is 5.10 Å². The minimum atomic E-state index is -0.756. The third-order valence-corrected chi connectivity index (χ3v) is 5.27. The number of methoxy groups -OCH3 is 1. The Bertz CT molecular complexity index is 1190. The van der Waals surface area contributed by atoms with Gasteiger partial charge in [0.25, 0.3) is 5.56 Å². The van der Waals surface area contributed by atoms with Gasteiger partial charge in [-0.15, -0.1) is 0 Å². The van der Waals surface area contributed by atoms with Gasteiger partial charge < -0.3 is 4.74 Å². The van der Waals surface area contributed by atoms with Gasteiger partial charge in [0.2, 0.25) is 0 Å². The van der Waals surface area contributed by atoms with Crippen LogP contribution in [0.3, 0.4) is 0 Å². The van der Waals surface area contributed by atoms with Crippen molar-refractivity contribution < 1.29 is 13.9 Å². The van der Waals surface area contributed by atoms with Crippen LogP contribution in [0.5, 0.6) is 5.75 Å². The molecule has 0 saturated heterocycles. The minimum Gasteiger partial charge on any atom is -0.497 e. The van der Waals surface area contributed by atoms with Crippen LogP contribution in [0.4, 0.5) is 20.7 Å². The van der Waals surface area contributed by atoms with Crippen LogP contribution in [0.1, 0.15) is 12.5 Å². The van der Waals surface area contributed by atoms with Crippen LogP contribution in [0.15, 0.2) is 35.1 Å². The number of aromatic nitrogens is 2. The van der Waals surface area contributed by atoms with E-state index in [9.17, 15) is 9.59 Å². The van der Waals surface area contributed by atoms with Crippen LogP contribution in [0, 0.1) is 5.82 Å². The molecule has 0 fully saturated rings. The molecule has 0 bridgehead atoms. The van der Waals surface area contributed by atoms with Crippen molar-refractivity contribution in [3.8, 4) is 5.75 Å². The summed E-state index contributed by atoms with van der Waals surface area (Å²) in [5, 5.41) is 4.50. The van der Waals surface area contributed by atoms with Crippen LogP contribution in [0.25, 0.3) is 10.8 Å². The first-order valence-corrected chi connectivity index (χ1v) is 9.36. The second-order valence-corrected chi connectivity index (χ2v) is 7.06. The lowest BCUT2D eigenvalue weighted by atomic mass is 10.1. The Balaban J connectivity index is 1.98. The standard InChI is InChI=1S/C20H18ClFN4O3/c1-4-25-18-15-13(19(27)24(2)23-18)9-14(21)16(22)17(15)26(20(25)28)10-11-5-7-12(29-3)8-6-11/h5-9H,4,10H2,1-3H3. The fourth-order valence-corrected chi connectivity index (χ4v) is 3.74. The van der Waals surface area contributed by atoms with Crippen molar-refractivity contribution in [2.75, 3.05) is 23.5 Å². The zero-order valence-electron chi connectivity index (χ0n) is 16.1. The van der Waals surface area contributed by atoms with E-state index in [1.807, 2.05) is 0 Å². The average molecular weight is 417 g/mol. The van der Waals surface area contributed by atoms with Crippen molar-refractivity contribution >= 4 is 39.9 Å². The number of ether oxygens (including phenoxy) is 1. The summed E-state index contributed by atoms with van der Waals surface area (Å²) in [6, 6.07) is 7.95. The number of carbonyl (C=O) groups is 1. The van der Waals surface area contributed by atoms with Crippen molar-refractivity contribution in [1.82, 2.24) is 9.78 Å². The summed E-state index contributed by atoms with van der Waals surface area (Å²) < 4.78 is 21.4. The number of rotatable bonds is 4. The van der Waals surface area contributed by atoms with Crippen LogP contribution in [-0.4, -0.2) is 29.5 Å². The molecule has 2 amide bonds. The molecular weight excluding hydrogens is 399 g/mol. The third-order valence-electron chi connectivity index (χ3n) is 4.99. The lowest BCUT2D eigenvalue weighted by Gasteiger charge is -2.36. The molecule has 150 valence electrons. The van der Waals surface area contributed by atoms with Gasteiger partial charge in [-0.3, -0.25) is 14.6 Å². The molecule has 0 atom stereocenters. The lowest BCUT2D eigenvalue weighted by molar-refractivity contribution is 0.250. The Morgan fingerprint density at radius 3 is 2.48 bits per heavy atom. The predicted octanol–water partition coefficient (Wildman–Crippen LogP) is 3.70. The normalized spacial score (nSPS) is 13.3. The molecule has 3 aromatic rings. The number of aryl methyl sites for hydroxylation is 1. The van der Waals surface area contributed by atoms with Gasteiger partial charge >= 0.3 is 6.03 Å². The smallest absolute Gasteiger partial charge is 0.330 e. The van der Waals surface area contributed by atoms with Gasteiger partial charge in [0.05, 0.1) is 35.1 Å². The quantitative estimate of drug-likeness (QED) is 0.650. The first kappa shape index (κ1) is 19.2. The molecule has 0 unspecified atom stereocenters. The maximum atomic E-state index is 15.2. The van der Waals surface area contributed by atoms with E-state index < -0.39 is 17.4 Å². The Labute approximate surface area is 170 Å². The number of nitrogens with zero attached hydrogens (tertiary/aromatic N) is 4. The first-order valence-electron chi connectivity index (χ1n) is 8.98. The molecule has 0 saturated carbocycles. The number of amides is 2. The van der Waals surface area contributed by atoms with E-state index >= 15 is 4.39 Å². The second kappa shape index (κ2) is 7.04. The van der Waals surface area contributed by atoms with Crippen LogP contribution >= 0.6 is 11.6 Å². The van der Waals surface area contributed by atoms with E-state index in [1.165, 1.54) is 22.9 Å². The van der Waals surface area contributed by atoms with Crippen LogP contribution < -0.4 is 20.1 Å². The van der Waals surface area contributed by atoms with Gasteiger partial charge in [-0.1, -0.05) is 23.7 Å². The number of halogens is 2. The van der Waals surface area contributed by atoms with E-state index in [0.29, 0.717) is 12.3 Å². The highest BCUT2D eigenvalue weighted by Crippen LogP contribution is 2.42. The predicted molar refractivity (Wildman–Crippen MR) is 110 cm³/mol. The van der Waals surface area contributed by atoms with Gasteiger partial charge in [-0.25, -0.2) is 13.9 Å². The van der Waals surface area contributed by atoms with Crippen molar-refractivity contribution in [3.63, 3.8) is 0 Å². The fraction of sp³-hybridized carbons (Fsp3) is 0.250. The summed E-state index contributed by atoms with van der Waals surface area (Å²) in [5.74, 6) is 0.155. The van der Waals surface area contributed by atoms with Crippen LogP contribution in [-0.2, 0) is 13.6 Å². The Hall–Kier alpha value is -3.13. The lowest BCUT2D eigenvalue weighted by Crippen LogP contribution is -2.47. The van der Waals surface area contributed by atoms with Gasteiger partial charge in [0.1, 0.15) is 5.75 Å². The molecule has 7 nitrogen and oxygen atoms in total. The number of hydrogen-bond acceptors (Lipinski definition) is 4. The molecule has 1 aliphatic heterocycles. The summed E-state index contributed by atoms with van der Waals surface area (Å²) in [7, 11) is 3.04. The summed E-state index contributed by atoms with van der Waals surface area (Å²) >= 11 is 6.09. The number of urea groups is 1. The van der Waals surface area contributed by atoms with Gasteiger partial charge in [0, 0.05) is 13.6 Å². The Kier molecular flexibility index (Phi) is 4.66. The van der Waals surface area contributed by atoms with E-state index in [0.717, 1.165) is 10.2 Å². The van der Waals surface area contributed by atoms with E-state index in [4.69, 9.17) is 16.3 Å². The zero-order chi connectivity index (χ0) is 20.9. The first-order chi connectivity index (χ1) is 13.9. The molecule has 1 aromatic heterocycles. The third kappa shape index (κ3) is 2.91. The highest BCUT2D eigenvalue weighted by molar-refractivity contribution is 6.33. The van der Waals surface area contributed by atoms with Gasteiger partial charge in [-0.2, -0.15) is 5.10 Å². The van der Waals surface area contributed by atoms with Crippen molar-refractivity contribution in [3.05, 3.63) is 57.1 Å². The topological polar surface area (TPSA) is 67.7 Å². The van der Waals surface area contributed by atoms with Gasteiger partial charge in [0.15, 0.2) is 11.6 Å². The summed E-state index contributed by atoms with van der Waals surface area (Å²) in [5.41, 5.74) is 0.322. The molecule has 0 spiro atoms. The number of carbonyl (C=O) groups excluding carboxylic acids is 1. The number of anilines is 2. The Morgan fingerprint density at radius 2 is 1.86 bits per heavy atom. The average Bonchev–Trinajstić information content (AvgIpc) is 2.72.